The van der Waals surface area contributed by atoms with Crippen LogP contribution in [0.1, 0.15) is 31.4 Å². The summed E-state index contributed by atoms with van der Waals surface area (Å²) in [4.78, 5) is 6.71. The number of nitrogens with one attached hydrogen (secondary N) is 1. The first-order chi connectivity index (χ1) is 11.3. The fourth-order valence-electron chi connectivity index (χ4n) is 2.84. The Balaban J connectivity index is 1.86. The molecule has 3 heterocycles. The lowest BCUT2D eigenvalue weighted by Gasteiger charge is -2.24. The van der Waals surface area contributed by atoms with E-state index < -0.39 is 0 Å². The van der Waals surface area contributed by atoms with Crippen LogP contribution in [-0.2, 0) is 6.42 Å². The summed E-state index contributed by atoms with van der Waals surface area (Å²) in [7, 11) is 0. The molecule has 1 N–H and O–H groups in total. The van der Waals surface area contributed by atoms with E-state index in [1.54, 1.807) is 0 Å². The zero-order valence-electron chi connectivity index (χ0n) is 14.6. The summed E-state index contributed by atoms with van der Waals surface area (Å²) in [6, 6.07) is 2.16. The molecule has 0 bridgehead atoms. The second-order valence-electron chi connectivity index (χ2n) is 7.16. The highest BCUT2D eigenvalue weighted by Gasteiger charge is 2.18. The molecule has 3 heteroatoms. The predicted molar refractivity (Wildman–Crippen MR) is 102 cm³/mol. The van der Waals surface area contributed by atoms with Crippen LogP contribution < -0.4 is 5.32 Å². The van der Waals surface area contributed by atoms with Gasteiger partial charge in [0.05, 0.1) is 0 Å². The molecule has 1 aromatic rings. The fourth-order valence-corrected chi connectivity index (χ4v) is 2.84. The van der Waals surface area contributed by atoms with Crippen LogP contribution in [0, 0.1) is 5.41 Å². The van der Waals surface area contributed by atoms with Crippen molar-refractivity contribution < 1.29 is 0 Å². The SMILES string of the molecule is C=C1/C=C\C(C)(C)/C=C\N(C(=C)c2cnc3c(c2)CC(=C)N3)CC1. The molecule has 0 unspecified atom stereocenters. The van der Waals surface area contributed by atoms with E-state index in [0.29, 0.717) is 0 Å². The number of rotatable bonds is 2. The van der Waals surface area contributed by atoms with Crippen molar-refractivity contribution in [2.24, 2.45) is 5.41 Å². The second kappa shape index (κ2) is 6.16. The van der Waals surface area contributed by atoms with Crippen LogP contribution in [0.4, 0.5) is 5.82 Å². The second-order valence-corrected chi connectivity index (χ2v) is 7.16. The number of nitrogens with zero attached hydrogens (tertiary/aromatic N) is 2. The van der Waals surface area contributed by atoms with Crippen molar-refractivity contribution in [3.05, 3.63) is 78.8 Å². The van der Waals surface area contributed by atoms with Crippen molar-refractivity contribution in [1.29, 1.82) is 0 Å². The number of aromatic nitrogens is 1. The van der Waals surface area contributed by atoms with E-state index in [0.717, 1.165) is 47.7 Å². The minimum Gasteiger partial charge on any atom is -0.348 e. The highest BCUT2D eigenvalue weighted by atomic mass is 15.1. The van der Waals surface area contributed by atoms with Crippen molar-refractivity contribution in [2.45, 2.75) is 26.7 Å². The Bertz CT molecular complexity index is 765. The molecule has 0 amide bonds. The van der Waals surface area contributed by atoms with Crippen LogP contribution in [-0.4, -0.2) is 16.4 Å². The third kappa shape index (κ3) is 3.51. The van der Waals surface area contributed by atoms with Gasteiger partial charge in [-0.05, 0) is 12.5 Å². The Hall–Kier alpha value is -2.55. The molecule has 0 aliphatic carbocycles. The molecule has 2 aliphatic rings. The molecule has 0 atom stereocenters. The van der Waals surface area contributed by atoms with Gasteiger partial charge in [-0.1, -0.05) is 57.4 Å². The van der Waals surface area contributed by atoms with E-state index in [4.69, 9.17) is 0 Å². The Morgan fingerprint density at radius 1 is 1.29 bits per heavy atom. The number of hydrogen-bond acceptors (Lipinski definition) is 3. The molecule has 0 aromatic carbocycles. The summed E-state index contributed by atoms with van der Waals surface area (Å²) >= 11 is 0. The van der Waals surface area contributed by atoms with Gasteiger partial charge in [0.1, 0.15) is 5.82 Å². The van der Waals surface area contributed by atoms with Crippen molar-refractivity contribution in [3.8, 4) is 0 Å². The molecule has 2 aliphatic heterocycles. The van der Waals surface area contributed by atoms with E-state index in [1.807, 2.05) is 6.20 Å². The quantitative estimate of drug-likeness (QED) is 0.841. The van der Waals surface area contributed by atoms with Crippen LogP contribution in [0.25, 0.3) is 5.70 Å². The molecule has 3 rings (SSSR count). The van der Waals surface area contributed by atoms with E-state index in [2.05, 4.69) is 79.3 Å². The Morgan fingerprint density at radius 3 is 2.88 bits per heavy atom. The molecule has 24 heavy (non-hydrogen) atoms. The van der Waals surface area contributed by atoms with E-state index in [-0.39, 0.29) is 5.41 Å². The lowest BCUT2D eigenvalue weighted by atomic mass is 9.92. The molecular formula is C21H25N3. The Labute approximate surface area is 144 Å². The Morgan fingerprint density at radius 2 is 2.08 bits per heavy atom. The van der Waals surface area contributed by atoms with Gasteiger partial charge >= 0.3 is 0 Å². The predicted octanol–water partition coefficient (Wildman–Crippen LogP) is 4.89. The average Bonchev–Trinajstić information content (AvgIpc) is 2.92. The standard InChI is InChI=1S/C21H25N3/c1-15-6-8-21(4,5)9-11-24(10-7-15)17(3)19-13-18-12-16(2)23-20(18)22-14-19/h6,8-9,11,13-14H,1-3,7,10,12H2,4-5H3,(H,22,23)/b8-6-,11-9-. The first kappa shape index (κ1) is 16.3. The van der Waals surface area contributed by atoms with Gasteiger partial charge in [0.2, 0.25) is 0 Å². The van der Waals surface area contributed by atoms with Crippen LogP contribution in [0.2, 0.25) is 0 Å². The van der Waals surface area contributed by atoms with Gasteiger partial charge < -0.3 is 10.2 Å². The lowest BCUT2D eigenvalue weighted by molar-refractivity contribution is 0.522. The van der Waals surface area contributed by atoms with Gasteiger partial charge in [0.25, 0.3) is 0 Å². The summed E-state index contributed by atoms with van der Waals surface area (Å²) in [5, 5.41) is 3.20. The molecule has 0 saturated heterocycles. The largest absolute Gasteiger partial charge is 0.348 e. The normalized spacial score (nSPS) is 22.0. The fraction of sp³-hybridized carbons (Fsp3) is 0.286. The zero-order valence-corrected chi connectivity index (χ0v) is 14.6. The summed E-state index contributed by atoms with van der Waals surface area (Å²) in [5.74, 6) is 0.912. The molecule has 0 spiro atoms. The van der Waals surface area contributed by atoms with Crippen LogP contribution in [0.15, 0.2) is 67.7 Å². The van der Waals surface area contributed by atoms with E-state index >= 15 is 0 Å². The van der Waals surface area contributed by atoms with Crippen LogP contribution >= 0.6 is 0 Å². The maximum atomic E-state index is 4.52. The maximum absolute atomic E-state index is 4.52. The summed E-state index contributed by atoms with van der Waals surface area (Å²) < 4.78 is 0. The smallest absolute Gasteiger partial charge is 0.133 e. The van der Waals surface area contributed by atoms with Gasteiger partial charge in [0, 0.05) is 53.3 Å². The number of allylic oxidation sites excluding steroid dienone is 4. The minimum atomic E-state index is -0.0103. The van der Waals surface area contributed by atoms with Crippen molar-refractivity contribution in [3.63, 3.8) is 0 Å². The van der Waals surface area contributed by atoms with Crippen molar-refractivity contribution >= 4 is 11.5 Å². The van der Waals surface area contributed by atoms with Gasteiger partial charge in [-0.3, -0.25) is 0 Å². The number of hydrogen-bond donors (Lipinski definition) is 1. The van der Waals surface area contributed by atoms with Crippen LogP contribution in [0.3, 0.4) is 0 Å². The molecule has 0 saturated carbocycles. The van der Waals surface area contributed by atoms with E-state index in [1.165, 1.54) is 5.56 Å². The van der Waals surface area contributed by atoms with Crippen molar-refractivity contribution in [2.75, 3.05) is 11.9 Å². The Kier molecular flexibility index (Phi) is 4.18. The topological polar surface area (TPSA) is 28.2 Å². The highest BCUT2D eigenvalue weighted by molar-refractivity contribution is 5.67. The monoisotopic (exact) mass is 319 g/mol. The van der Waals surface area contributed by atoms with Crippen LogP contribution in [0.5, 0.6) is 0 Å². The van der Waals surface area contributed by atoms with Gasteiger partial charge in [-0.15, -0.1) is 0 Å². The maximum Gasteiger partial charge on any atom is 0.133 e. The first-order valence-electron chi connectivity index (χ1n) is 8.30. The first-order valence-corrected chi connectivity index (χ1v) is 8.30. The lowest BCUT2D eigenvalue weighted by Crippen LogP contribution is -2.17. The molecule has 124 valence electrons. The highest BCUT2D eigenvalue weighted by Crippen LogP contribution is 2.30. The van der Waals surface area contributed by atoms with Gasteiger partial charge in [0.15, 0.2) is 0 Å². The van der Waals surface area contributed by atoms with Gasteiger partial charge in [-0.2, -0.15) is 0 Å². The average molecular weight is 319 g/mol. The number of fused-ring (bicyclic) bond motifs is 1. The molecule has 0 radical (unpaired) electrons. The molecule has 1 aromatic heterocycles. The van der Waals surface area contributed by atoms with Crippen molar-refractivity contribution in [1.82, 2.24) is 9.88 Å². The molecular weight excluding hydrogens is 294 g/mol. The summed E-state index contributed by atoms with van der Waals surface area (Å²) in [6.07, 6.45) is 12.3. The van der Waals surface area contributed by atoms with Gasteiger partial charge in [-0.25, -0.2) is 4.98 Å². The third-order valence-corrected chi connectivity index (χ3v) is 4.45. The third-order valence-electron chi connectivity index (χ3n) is 4.45. The molecule has 0 fully saturated rings. The summed E-state index contributed by atoms with van der Waals surface area (Å²) in [5.41, 5.74) is 5.31. The zero-order chi connectivity index (χ0) is 17.3. The number of anilines is 1. The molecule has 3 nitrogen and oxygen atoms in total. The summed E-state index contributed by atoms with van der Waals surface area (Å²) in [6.45, 7) is 17.7. The minimum absolute atomic E-state index is 0.0103. The van der Waals surface area contributed by atoms with E-state index in [9.17, 15) is 0 Å². The number of pyridine rings is 1.